The van der Waals surface area contributed by atoms with Crippen LogP contribution < -0.4 is 5.32 Å². The lowest BCUT2D eigenvalue weighted by atomic mass is 9.84. The summed E-state index contributed by atoms with van der Waals surface area (Å²) in [7, 11) is 1.46. The molecule has 0 amide bonds. The van der Waals surface area contributed by atoms with E-state index in [4.69, 9.17) is 4.74 Å². The van der Waals surface area contributed by atoms with Crippen molar-refractivity contribution in [3.05, 3.63) is 22.4 Å². The third-order valence-corrected chi connectivity index (χ3v) is 5.27. The summed E-state index contributed by atoms with van der Waals surface area (Å²) in [6.45, 7) is 2.28. The van der Waals surface area contributed by atoms with Crippen LogP contribution in [0.15, 0.2) is 17.5 Å². The largest absolute Gasteiger partial charge is 0.469 e. The molecule has 2 rings (SSSR count). The molecule has 1 fully saturated rings. The normalized spacial score (nSPS) is 24.3. The van der Waals surface area contributed by atoms with Crippen LogP contribution in [-0.4, -0.2) is 19.1 Å². The quantitative estimate of drug-likeness (QED) is 0.809. The number of nitrogens with one attached hydrogen (secondary N) is 1. The summed E-state index contributed by atoms with van der Waals surface area (Å²) in [5.41, 5.74) is 0. The molecule has 0 unspecified atom stereocenters. The van der Waals surface area contributed by atoms with E-state index < -0.39 is 0 Å². The van der Waals surface area contributed by atoms with Crippen LogP contribution in [-0.2, 0) is 9.53 Å². The first kappa shape index (κ1) is 15.5. The van der Waals surface area contributed by atoms with Gasteiger partial charge in [-0.1, -0.05) is 32.3 Å². The number of methoxy groups -OCH3 is 1. The first-order valence-corrected chi connectivity index (χ1v) is 8.47. The molecule has 1 aliphatic carbocycles. The Balaban J connectivity index is 1.98. The molecule has 0 bridgehead atoms. The van der Waals surface area contributed by atoms with Gasteiger partial charge in [-0.3, -0.25) is 4.79 Å². The van der Waals surface area contributed by atoms with Gasteiger partial charge in [0.2, 0.25) is 0 Å². The van der Waals surface area contributed by atoms with E-state index in [9.17, 15) is 4.79 Å². The number of ether oxygens (including phenoxy) is 1. The highest BCUT2D eigenvalue weighted by molar-refractivity contribution is 7.10. The number of hydrogen-bond acceptors (Lipinski definition) is 4. The lowest BCUT2D eigenvalue weighted by Crippen LogP contribution is -2.37. The zero-order valence-electron chi connectivity index (χ0n) is 12.4. The number of carbonyl (C=O) groups excluding carboxylic acids is 1. The summed E-state index contributed by atoms with van der Waals surface area (Å²) in [5, 5.41) is 5.76. The maximum atomic E-state index is 11.6. The van der Waals surface area contributed by atoms with Crippen LogP contribution in [0.25, 0.3) is 0 Å². The Hall–Kier alpha value is -0.870. The highest BCUT2D eigenvalue weighted by Gasteiger charge is 2.25. The Kier molecular flexibility index (Phi) is 6.05. The minimum absolute atomic E-state index is 0.100. The molecule has 1 aliphatic rings. The number of hydrogen-bond donors (Lipinski definition) is 1. The molecule has 1 aromatic rings. The van der Waals surface area contributed by atoms with E-state index in [1.165, 1.54) is 44.1 Å². The highest BCUT2D eigenvalue weighted by Crippen LogP contribution is 2.30. The molecular weight excluding hydrogens is 270 g/mol. The molecule has 1 aromatic heterocycles. The van der Waals surface area contributed by atoms with E-state index in [0.717, 1.165) is 5.92 Å². The molecule has 0 aromatic carbocycles. The molecular formula is C16H25NO2S. The van der Waals surface area contributed by atoms with Gasteiger partial charge in [0.25, 0.3) is 0 Å². The second-order valence-corrected chi connectivity index (χ2v) is 6.63. The third-order valence-electron chi connectivity index (χ3n) is 4.28. The lowest BCUT2D eigenvalue weighted by Gasteiger charge is -2.32. The van der Waals surface area contributed by atoms with Gasteiger partial charge in [0, 0.05) is 10.9 Å². The average molecular weight is 295 g/mol. The highest BCUT2D eigenvalue weighted by atomic mass is 32.1. The smallest absolute Gasteiger partial charge is 0.307 e. The maximum absolute atomic E-state index is 11.6. The summed E-state index contributed by atoms with van der Waals surface area (Å²) in [4.78, 5) is 12.9. The standard InChI is InChI=1S/C16H25NO2S/c1-3-12-6-4-7-13(10-12)17-14(11-16(18)19-2)15-8-5-9-20-15/h5,8-9,12-14,17H,3-4,6-7,10-11H2,1-2H3/t12-,13-,14-/m1/s1. The second-order valence-electron chi connectivity index (χ2n) is 5.65. The molecule has 0 spiro atoms. The summed E-state index contributed by atoms with van der Waals surface area (Å²) in [6, 6.07) is 4.78. The molecule has 3 atom stereocenters. The van der Waals surface area contributed by atoms with E-state index in [1.807, 2.05) is 6.07 Å². The zero-order chi connectivity index (χ0) is 14.4. The van der Waals surface area contributed by atoms with Gasteiger partial charge in [-0.25, -0.2) is 0 Å². The van der Waals surface area contributed by atoms with Crippen molar-refractivity contribution in [1.82, 2.24) is 5.32 Å². The van der Waals surface area contributed by atoms with Crippen molar-refractivity contribution >= 4 is 17.3 Å². The summed E-state index contributed by atoms with van der Waals surface area (Å²) in [6.07, 6.45) is 6.79. The minimum atomic E-state index is -0.140. The molecule has 112 valence electrons. The Labute approximate surface area is 125 Å². The van der Waals surface area contributed by atoms with Gasteiger partial charge < -0.3 is 10.1 Å². The predicted molar refractivity (Wildman–Crippen MR) is 82.9 cm³/mol. The van der Waals surface area contributed by atoms with Crippen LogP contribution >= 0.6 is 11.3 Å². The van der Waals surface area contributed by atoms with E-state index in [-0.39, 0.29) is 12.0 Å². The first-order chi connectivity index (χ1) is 9.72. The van der Waals surface area contributed by atoms with Crippen LogP contribution in [0.4, 0.5) is 0 Å². The fraction of sp³-hybridized carbons (Fsp3) is 0.688. The topological polar surface area (TPSA) is 38.3 Å². The van der Waals surface area contributed by atoms with Gasteiger partial charge in [-0.05, 0) is 30.2 Å². The van der Waals surface area contributed by atoms with Crippen molar-refractivity contribution in [2.45, 2.75) is 57.5 Å². The van der Waals surface area contributed by atoms with Crippen molar-refractivity contribution in [2.24, 2.45) is 5.92 Å². The summed E-state index contributed by atoms with van der Waals surface area (Å²) < 4.78 is 4.84. The van der Waals surface area contributed by atoms with E-state index in [2.05, 4.69) is 23.7 Å². The van der Waals surface area contributed by atoms with Gasteiger partial charge in [0.05, 0.1) is 19.6 Å². The molecule has 20 heavy (non-hydrogen) atoms. The van der Waals surface area contributed by atoms with E-state index in [0.29, 0.717) is 12.5 Å². The van der Waals surface area contributed by atoms with Crippen LogP contribution in [0, 0.1) is 5.92 Å². The Morgan fingerprint density at radius 3 is 3.05 bits per heavy atom. The monoisotopic (exact) mass is 295 g/mol. The van der Waals surface area contributed by atoms with Gasteiger partial charge in [0.15, 0.2) is 0 Å². The lowest BCUT2D eigenvalue weighted by molar-refractivity contribution is -0.141. The zero-order valence-corrected chi connectivity index (χ0v) is 13.2. The molecule has 1 saturated carbocycles. The van der Waals surface area contributed by atoms with Gasteiger partial charge in [-0.2, -0.15) is 0 Å². The number of thiophene rings is 1. The Morgan fingerprint density at radius 1 is 1.55 bits per heavy atom. The third kappa shape index (κ3) is 4.32. The van der Waals surface area contributed by atoms with Crippen LogP contribution in [0.2, 0.25) is 0 Å². The second kappa shape index (κ2) is 7.79. The molecule has 0 radical (unpaired) electrons. The molecule has 1 N–H and O–H groups in total. The number of rotatable bonds is 6. The van der Waals surface area contributed by atoms with Crippen molar-refractivity contribution in [3.8, 4) is 0 Å². The van der Waals surface area contributed by atoms with Crippen molar-refractivity contribution in [2.75, 3.05) is 7.11 Å². The minimum Gasteiger partial charge on any atom is -0.469 e. The summed E-state index contributed by atoms with van der Waals surface area (Å²) >= 11 is 1.71. The van der Waals surface area contributed by atoms with Crippen LogP contribution in [0.3, 0.4) is 0 Å². The molecule has 1 heterocycles. The Morgan fingerprint density at radius 2 is 2.40 bits per heavy atom. The van der Waals surface area contributed by atoms with E-state index >= 15 is 0 Å². The molecule has 4 heteroatoms. The SMILES string of the molecule is CC[C@@H]1CCC[C@@H](N[C@H](CC(=O)OC)c2cccs2)C1. The van der Waals surface area contributed by atoms with Crippen LogP contribution in [0.1, 0.15) is 56.4 Å². The molecule has 0 aliphatic heterocycles. The maximum Gasteiger partial charge on any atom is 0.307 e. The number of carbonyl (C=O) groups is 1. The average Bonchev–Trinajstić information content (AvgIpc) is 3.00. The van der Waals surface area contributed by atoms with Crippen molar-refractivity contribution in [3.63, 3.8) is 0 Å². The van der Waals surface area contributed by atoms with Crippen molar-refractivity contribution in [1.29, 1.82) is 0 Å². The predicted octanol–water partition coefficient (Wildman–Crippen LogP) is 3.91. The van der Waals surface area contributed by atoms with Gasteiger partial charge in [0.1, 0.15) is 0 Å². The Bertz CT molecular complexity index is 405. The van der Waals surface area contributed by atoms with E-state index in [1.54, 1.807) is 11.3 Å². The van der Waals surface area contributed by atoms with Gasteiger partial charge >= 0.3 is 5.97 Å². The molecule has 3 nitrogen and oxygen atoms in total. The van der Waals surface area contributed by atoms with Crippen LogP contribution in [0.5, 0.6) is 0 Å². The van der Waals surface area contributed by atoms with Gasteiger partial charge in [-0.15, -0.1) is 11.3 Å². The fourth-order valence-corrected chi connectivity index (χ4v) is 3.87. The first-order valence-electron chi connectivity index (χ1n) is 7.59. The number of esters is 1. The van der Waals surface area contributed by atoms with Crippen molar-refractivity contribution < 1.29 is 9.53 Å². The fourth-order valence-electron chi connectivity index (χ4n) is 3.08. The summed E-state index contributed by atoms with van der Waals surface area (Å²) in [5.74, 6) is 0.696. The molecule has 0 saturated heterocycles.